The number of rotatable bonds is 7. The lowest BCUT2D eigenvalue weighted by Crippen LogP contribution is -2.28. The minimum Gasteiger partial charge on any atom is -0.382 e. The third kappa shape index (κ3) is 5.35. The van der Waals surface area contributed by atoms with Crippen molar-refractivity contribution in [1.82, 2.24) is 9.78 Å². The maximum Gasteiger partial charge on any atom is 0.276 e. The van der Waals surface area contributed by atoms with Gasteiger partial charge in [0.25, 0.3) is 11.5 Å². The maximum atomic E-state index is 14.6. The Morgan fingerprint density at radius 2 is 1.76 bits per heavy atom. The molecule has 2 aromatic carbocycles. The minimum atomic E-state index is -1.16. The van der Waals surface area contributed by atoms with Crippen LogP contribution in [0.3, 0.4) is 0 Å². The van der Waals surface area contributed by atoms with Crippen LogP contribution in [0.5, 0.6) is 0 Å². The standard InChI is InChI=1S/C26H27F3N6O2/c1-14(2)31-18-7-8-19(24(22(18)25(29)30)34-12-11-15(3)13-34)32-26(37)20-9-10-21(36)35(33-20)23-16(27)5-4-6-17(23)28/h4-10,14-15,30-31H,11-13H2,1-3H3,(H,32,37)/t15-/m0/s1. The summed E-state index contributed by atoms with van der Waals surface area (Å²) in [6.45, 7) is 7.04. The van der Waals surface area contributed by atoms with E-state index in [9.17, 15) is 22.8 Å². The molecule has 1 atom stereocenters. The number of halogens is 3. The molecule has 4 rings (SSSR count). The summed E-state index contributed by atoms with van der Waals surface area (Å²) in [4.78, 5) is 27.4. The Balaban J connectivity index is 1.77. The summed E-state index contributed by atoms with van der Waals surface area (Å²) in [5.41, 5.74) is -0.796. The van der Waals surface area contributed by atoms with Gasteiger partial charge in [-0.25, -0.2) is 8.78 Å². The highest BCUT2D eigenvalue weighted by molar-refractivity contribution is 6.10. The fraction of sp³-hybridized carbons (Fsp3) is 0.308. The second-order valence-electron chi connectivity index (χ2n) is 9.33. The Bertz CT molecular complexity index is 1400. The molecule has 1 aliphatic rings. The van der Waals surface area contributed by atoms with E-state index in [1.807, 2.05) is 18.7 Å². The van der Waals surface area contributed by atoms with Gasteiger partial charge in [-0.3, -0.25) is 15.0 Å². The number of nitrogens with one attached hydrogen (secondary N) is 3. The van der Waals surface area contributed by atoms with E-state index >= 15 is 0 Å². The second kappa shape index (κ2) is 10.5. The van der Waals surface area contributed by atoms with Gasteiger partial charge >= 0.3 is 0 Å². The SMILES string of the molecule is CC(C)Nc1ccc(NC(=O)c2ccc(=O)n(-c3c(F)cccc3F)n2)c(N2CC[C@H](C)C2)c1C(=N)F. The van der Waals surface area contributed by atoms with Crippen molar-refractivity contribution in [3.05, 3.63) is 75.7 Å². The molecule has 11 heteroatoms. The van der Waals surface area contributed by atoms with E-state index in [1.165, 1.54) is 0 Å². The largest absolute Gasteiger partial charge is 0.382 e. The molecular formula is C26H27F3N6O2. The summed E-state index contributed by atoms with van der Waals surface area (Å²) in [6.07, 6.45) is 0.856. The summed E-state index contributed by atoms with van der Waals surface area (Å²) in [5.74, 6) is -3.64. The molecule has 3 N–H and O–H groups in total. The van der Waals surface area contributed by atoms with Crippen LogP contribution < -0.4 is 21.1 Å². The molecule has 0 spiro atoms. The minimum absolute atomic E-state index is 0.0203. The maximum absolute atomic E-state index is 14.6. The van der Waals surface area contributed by atoms with Crippen molar-refractivity contribution in [3.8, 4) is 5.69 Å². The molecule has 0 bridgehead atoms. The highest BCUT2D eigenvalue weighted by atomic mass is 19.1. The van der Waals surface area contributed by atoms with Gasteiger partial charge in [-0.15, -0.1) is 0 Å². The van der Waals surface area contributed by atoms with Crippen molar-refractivity contribution >= 4 is 28.9 Å². The molecule has 0 aliphatic carbocycles. The first-order valence-corrected chi connectivity index (χ1v) is 11.9. The van der Waals surface area contributed by atoms with Crippen LogP contribution in [0.25, 0.3) is 5.69 Å². The van der Waals surface area contributed by atoms with Gasteiger partial charge in [0.2, 0.25) is 5.97 Å². The van der Waals surface area contributed by atoms with Gasteiger partial charge in [-0.05, 0) is 56.5 Å². The van der Waals surface area contributed by atoms with Crippen molar-refractivity contribution in [2.45, 2.75) is 33.2 Å². The second-order valence-corrected chi connectivity index (χ2v) is 9.33. The van der Waals surface area contributed by atoms with Gasteiger partial charge in [-0.2, -0.15) is 14.2 Å². The number of para-hydroxylation sites is 1. The van der Waals surface area contributed by atoms with Crippen LogP contribution in [0.2, 0.25) is 0 Å². The smallest absolute Gasteiger partial charge is 0.276 e. The van der Waals surface area contributed by atoms with Crippen LogP contribution in [-0.2, 0) is 0 Å². The third-order valence-electron chi connectivity index (χ3n) is 6.01. The Labute approximate surface area is 211 Å². The van der Waals surface area contributed by atoms with E-state index < -0.39 is 34.8 Å². The van der Waals surface area contributed by atoms with Gasteiger partial charge in [0.1, 0.15) is 11.4 Å². The molecule has 1 fully saturated rings. The van der Waals surface area contributed by atoms with Crippen LogP contribution in [-0.4, -0.2) is 40.8 Å². The van der Waals surface area contributed by atoms with E-state index in [0.717, 1.165) is 36.8 Å². The summed E-state index contributed by atoms with van der Waals surface area (Å²) in [5, 5.41) is 17.5. The molecule has 0 unspecified atom stereocenters. The average Bonchev–Trinajstić information content (AvgIpc) is 3.26. The Kier molecular flexibility index (Phi) is 7.33. The number of nitrogens with zero attached hydrogens (tertiary/aromatic N) is 3. The number of anilines is 3. The number of hydrogen-bond acceptors (Lipinski definition) is 6. The highest BCUT2D eigenvalue weighted by Crippen LogP contribution is 2.39. The quantitative estimate of drug-likeness (QED) is 0.398. The molecule has 1 saturated heterocycles. The number of carbonyl (C=O) groups excluding carboxylic acids is 1. The fourth-order valence-electron chi connectivity index (χ4n) is 4.38. The zero-order valence-corrected chi connectivity index (χ0v) is 20.6. The number of hydrogen-bond donors (Lipinski definition) is 3. The van der Waals surface area contributed by atoms with Crippen LogP contribution in [0.15, 0.2) is 47.3 Å². The van der Waals surface area contributed by atoms with Gasteiger partial charge in [0, 0.05) is 30.9 Å². The molecule has 2 heterocycles. The summed E-state index contributed by atoms with van der Waals surface area (Å²) < 4.78 is 43.7. The summed E-state index contributed by atoms with van der Waals surface area (Å²) in [7, 11) is 0. The van der Waals surface area contributed by atoms with Crippen molar-refractivity contribution in [3.63, 3.8) is 0 Å². The normalized spacial score (nSPS) is 15.2. The average molecular weight is 513 g/mol. The van der Waals surface area contributed by atoms with Crippen LogP contribution in [0.4, 0.5) is 30.2 Å². The first-order chi connectivity index (χ1) is 17.6. The molecule has 1 aliphatic heterocycles. The van der Waals surface area contributed by atoms with Gasteiger partial charge in [0.15, 0.2) is 11.6 Å². The molecule has 194 valence electrons. The lowest BCUT2D eigenvalue weighted by atomic mass is 10.1. The van der Waals surface area contributed by atoms with E-state index in [1.54, 1.807) is 12.1 Å². The van der Waals surface area contributed by atoms with Crippen LogP contribution in [0, 0.1) is 23.0 Å². The summed E-state index contributed by atoms with van der Waals surface area (Å²) in [6, 6.07) is 8.35. The van der Waals surface area contributed by atoms with E-state index in [0.29, 0.717) is 35.1 Å². The molecule has 0 radical (unpaired) electrons. The van der Waals surface area contributed by atoms with E-state index in [4.69, 9.17) is 5.41 Å². The zero-order chi connectivity index (χ0) is 26.9. The van der Waals surface area contributed by atoms with E-state index in [2.05, 4.69) is 22.7 Å². The topological polar surface area (TPSA) is 103 Å². The molecule has 37 heavy (non-hydrogen) atoms. The fourth-order valence-corrected chi connectivity index (χ4v) is 4.38. The zero-order valence-electron chi connectivity index (χ0n) is 20.6. The Hall–Kier alpha value is -4.15. The van der Waals surface area contributed by atoms with Crippen molar-refractivity contribution in [2.24, 2.45) is 5.92 Å². The Morgan fingerprint density at radius 1 is 1.08 bits per heavy atom. The van der Waals surface area contributed by atoms with Crippen molar-refractivity contribution < 1.29 is 18.0 Å². The molecular weight excluding hydrogens is 485 g/mol. The van der Waals surface area contributed by atoms with Gasteiger partial charge in [-0.1, -0.05) is 13.0 Å². The number of carbonyl (C=O) groups is 1. The summed E-state index contributed by atoms with van der Waals surface area (Å²) >= 11 is 0. The lowest BCUT2D eigenvalue weighted by molar-refractivity contribution is 0.102. The molecule has 1 aromatic heterocycles. The highest BCUT2D eigenvalue weighted by Gasteiger charge is 2.28. The third-order valence-corrected chi connectivity index (χ3v) is 6.01. The van der Waals surface area contributed by atoms with Gasteiger partial charge < -0.3 is 15.5 Å². The predicted octanol–water partition coefficient (Wildman–Crippen LogP) is 4.72. The molecule has 0 saturated carbocycles. The first-order valence-electron chi connectivity index (χ1n) is 11.9. The number of amides is 1. The lowest BCUT2D eigenvalue weighted by Gasteiger charge is -2.27. The number of benzene rings is 2. The van der Waals surface area contributed by atoms with Crippen LogP contribution in [0.1, 0.15) is 43.2 Å². The molecule has 8 nitrogen and oxygen atoms in total. The first kappa shape index (κ1) is 25.9. The van der Waals surface area contributed by atoms with E-state index in [-0.39, 0.29) is 23.0 Å². The number of aromatic nitrogens is 2. The van der Waals surface area contributed by atoms with Crippen molar-refractivity contribution in [2.75, 3.05) is 28.6 Å². The predicted molar refractivity (Wildman–Crippen MR) is 137 cm³/mol. The van der Waals surface area contributed by atoms with Gasteiger partial charge in [0.05, 0.1) is 16.9 Å². The van der Waals surface area contributed by atoms with Crippen molar-refractivity contribution in [1.29, 1.82) is 5.41 Å². The molecule has 3 aromatic rings. The monoisotopic (exact) mass is 512 g/mol. The van der Waals surface area contributed by atoms with Crippen LogP contribution >= 0.6 is 0 Å². The molecule has 1 amide bonds. The Morgan fingerprint density at radius 3 is 2.35 bits per heavy atom.